The lowest BCUT2D eigenvalue weighted by atomic mass is 10.2. The Labute approximate surface area is 164 Å². The molecule has 0 bridgehead atoms. The average molecular weight is 461 g/mol. The Morgan fingerprint density at radius 3 is 2.58 bits per heavy atom. The molecule has 2 aromatic rings. The summed E-state index contributed by atoms with van der Waals surface area (Å²) in [7, 11) is 0. The molecule has 24 heavy (non-hydrogen) atoms. The van der Waals surface area contributed by atoms with Crippen molar-refractivity contribution in [3.05, 3.63) is 40.1 Å². The largest absolute Gasteiger partial charge is 0.494 e. The van der Waals surface area contributed by atoms with Gasteiger partial charge in [-0.25, -0.2) is 4.99 Å². The molecule has 3 N–H and O–H groups in total. The van der Waals surface area contributed by atoms with Crippen LogP contribution in [0.1, 0.15) is 24.3 Å². The first-order chi connectivity index (χ1) is 11.1. The van der Waals surface area contributed by atoms with Crippen LogP contribution in [0, 0.1) is 6.92 Å². The lowest BCUT2D eigenvalue weighted by Gasteiger charge is -2.14. The summed E-state index contributed by atoms with van der Waals surface area (Å²) in [6.07, 6.45) is 0. The summed E-state index contributed by atoms with van der Waals surface area (Å²) in [5, 5.41) is 5.16. The molecule has 0 amide bonds. The van der Waals surface area contributed by atoms with E-state index in [4.69, 9.17) is 15.2 Å². The molecular weight excluding hydrogens is 437 g/mol. The highest BCUT2D eigenvalue weighted by Crippen LogP contribution is 2.29. The first kappa shape index (κ1) is 20.6. The van der Waals surface area contributed by atoms with Crippen LogP contribution in [0.5, 0.6) is 11.5 Å². The number of aliphatic imine (C=N–C) groups is 1. The number of ether oxygens (including phenoxy) is 2. The van der Waals surface area contributed by atoms with Crippen LogP contribution in [-0.2, 0) is 6.54 Å². The normalized spacial score (nSPS) is 10.9. The molecule has 7 heteroatoms. The molecule has 5 nitrogen and oxygen atoms in total. The van der Waals surface area contributed by atoms with E-state index in [-0.39, 0.29) is 24.0 Å². The minimum Gasteiger partial charge on any atom is -0.494 e. The van der Waals surface area contributed by atoms with Gasteiger partial charge in [-0.1, -0.05) is 0 Å². The Kier molecular flexibility index (Phi) is 8.91. The number of anilines is 1. The maximum absolute atomic E-state index is 6.01. The summed E-state index contributed by atoms with van der Waals surface area (Å²) >= 11 is 1.68. The van der Waals surface area contributed by atoms with Gasteiger partial charge in [-0.05, 0) is 49.9 Å². The van der Waals surface area contributed by atoms with Crippen molar-refractivity contribution in [2.24, 2.45) is 10.7 Å². The maximum Gasteiger partial charge on any atom is 0.193 e. The smallest absolute Gasteiger partial charge is 0.193 e. The molecule has 2 rings (SSSR count). The molecule has 0 fully saturated rings. The standard InChI is InChI=1S/C17H23N3O2S.HI/c1-4-21-13-6-7-15(22-5-2)14(10-13)20-17(18)19-11-16-12(3)8-9-23-16;/h6-10H,4-5,11H2,1-3H3,(H3,18,19,20);1H. The Morgan fingerprint density at radius 1 is 1.21 bits per heavy atom. The fraction of sp³-hybridized carbons (Fsp3) is 0.353. The first-order valence-corrected chi connectivity index (χ1v) is 8.51. The number of benzene rings is 1. The molecule has 0 saturated carbocycles. The van der Waals surface area contributed by atoms with Gasteiger partial charge in [0.25, 0.3) is 0 Å². The number of thiophene rings is 1. The van der Waals surface area contributed by atoms with Crippen molar-refractivity contribution in [1.29, 1.82) is 0 Å². The zero-order valence-corrected chi connectivity index (χ0v) is 17.3. The van der Waals surface area contributed by atoms with Crippen LogP contribution in [0.3, 0.4) is 0 Å². The number of halogens is 1. The summed E-state index contributed by atoms with van der Waals surface area (Å²) in [6.45, 7) is 7.71. The molecule has 132 valence electrons. The second kappa shape index (κ2) is 10.4. The van der Waals surface area contributed by atoms with Crippen LogP contribution in [0.4, 0.5) is 5.69 Å². The van der Waals surface area contributed by atoms with Crippen LogP contribution in [-0.4, -0.2) is 19.2 Å². The number of nitrogens with one attached hydrogen (secondary N) is 1. The third-order valence-electron chi connectivity index (χ3n) is 3.19. The third-order valence-corrected chi connectivity index (χ3v) is 4.19. The van der Waals surface area contributed by atoms with Crippen molar-refractivity contribution in [1.82, 2.24) is 0 Å². The molecule has 1 aromatic carbocycles. The number of nitrogens with two attached hydrogens (primary N) is 1. The predicted molar refractivity (Wildman–Crippen MR) is 112 cm³/mol. The summed E-state index contributed by atoms with van der Waals surface area (Å²) in [4.78, 5) is 5.61. The summed E-state index contributed by atoms with van der Waals surface area (Å²) in [5.41, 5.74) is 8.00. The van der Waals surface area contributed by atoms with Crippen molar-refractivity contribution in [2.75, 3.05) is 18.5 Å². The first-order valence-electron chi connectivity index (χ1n) is 7.63. The monoisotopic (exact) mass is 461 g/mol. The maximum atomic E-state index is 6.01. The molecule has 0 spiro atoms. The fourth-order valence-electron chi connectivity index (χ4n) is 2.05. The van der Waals surface area contributed by atoms with E-state index in [1.54, 1.807) is 11.3 Å². The number of nitrogens with zero attached hydrogens (tertiary/aromatic N) is 1. The van der Waals surface area contributed by atoms with E-state index in [9.17, 15) is 0 Å². The van der Waals surface area contributed by atoms with Crippen LogP contribution >= 0.6 is 35.3 Å². The highest BCUT2D eigenvalue weighted by Gasteiger charge is 2.07. The molecule has 0 aliphatic carbocycles. The number of rotatable bonds is 7. The number of hydrogen-bond donors (Lipinski definition) is 2. The van der Waals surface area contributed by atoms with Gasteiger partial charge in [0.05, 0.1) is 25.4 Å². The van der Waals surface area contributed by atoms with Crippen molar-refractivity contribution in [3.8, 4) is 11.5 Å². The molecule has 0 saturated heterocycles. The van der Waals surface area contributed by atoms with E-state index >= 15 is 0 Å². The van der Waals surface area contributed by atoms with Gasteiger partial charge in [0.15, 0.2) is 5.96 Å². The van der Waals surface area contributed by atoms with E-state index in [1.165, 1.54) is 10.4 Å². The second-order valence-electron chi connectivity index (χ2n) is 4.88. The van der Waals surface area contributed by atoms with Gasteiger partial charge in [0.2, 0.25) is 0 Å². The Morgan fingerprint density at radius 2 is 1.96 bits per heavy atom. The summed E-state index contributed by atoms with van der Waals surface area (Å²) in [5.74, 6) is 1.84. The van der Waals surface area contributed by atoms with Crippen molar-refractivity contribution < 1.29 is 9.47 Å². The molecule has 0 aliphatic heterocycles. The topological polar surface area (TPSA) is 68.9 Å². The Bertz CT molecular complexity index is 674. The molecule has 0 aliphatic rings. The van der Waals surface area contributed by atoms with Gasteiger partial charge in [-0.2, -0.15) is 0 Å². The van der Waals surface area contributed by atoms with Crippen molar-refractivity contribution in [3.63, 3.8) is 0 Å². The highest BCUT2D eigenvalue weighted by molar-refractivity contribution is 14.0. The molecule has 1 aromatic heterocycles. The Hall–Kier alpha value is -1.48. The van der Waals surface area contributed by atoms with Crippen LogP contribution < -0.4 is 20.5 Å². The van der Waals surface area contributed by atoms with Gasteiger partial charge in [-0.3, -0.25) is 0 Å². The number of aryl methyl sites for hydroxylation is 1. The zero-order valence-electron chi connectivity index (χ0n) is 14.2. The Balaban J connectivity index is 0.00000288. The third kappa shape index (κ3) is 5.86. The van der Waals surface area contributed by atoms with Crippen LogP contribution in [0.25, 0.3) is 0 Å². The van der Waals surface area contributed by atoms with E-state index in [1.807, 2.05) is 32.0 Å². The molecule has 0 atom stereocenters. The molecule has 0 unspecified atom stereocenters. The SMILES string of the molecule is CCOc1ccc(OCC)c(NC(N)=NCc2sccc2C)c1.I. The quantitative estimate of drug-likeness (QED) is 0.365. The van der Waals surface area contributed by atoms with Gasteiger partial charge >= 0.3 is 0 Å². The lowest BCUT2D eigenvalue weighted by molar-refractivity contribution is 0.332. The highest BCUT2D eigenvalue weighted by atomic mass is 127. The van der Waals surface area contributed by atoms with Gasteiger partial charge in [0, 0.05) is 10.9 Å². The molecular formula is C17H24IN3O2S. The second-order valence-corrected chi connectivity index (χ2v) is 5.88. The predicted octanol–water partition coefficient (Wildman–Crippen LogP) is 4.40. The van der Waals surface area contributed by atoms with Gasteiger partial charge in [0.1, 0.15) is 11.5 Å². The van der Waals surface area contributed by atoms with E-state index in [0.717, 1.165) is 17.2 Å². The van der Waals surface area contributed by atoms with E-state index in [0.29, 0.717) is 25.7 Å². The summed E-state index contributed by atoms with van der Waals surface area (Å²) in [6, 6.07) is 7.70. The number of guanidine groups is 1. The zero-order chi connectivity index (χ0) is 16.7. The molecule has 0 radical (unpaired) electrons. The average Bonchev–Trinajstić information content (AvgIpc) is 2.93. The minimum absolute atomic E-state index is 0. The van der Waals surface area contributed by atoms with E-state index < -0.39 is 0 Å². The summed E-state index contributed by atoms with van der Waals surface area (Å²) < 4.78 is 11.1. The minimum atomic E-state index is 0. The lowest BCUT2D eigenvalue weighted by Crippen LogP contribution is -2.23. The number of hydrogen-bond acceptors (Lipinski definition) is 4. The van der Waals surface area contributed by atoms with Crippen LogP contribution in [0.15, 0.2) is 34.6 Å². The van der Waals surface area contributed by atoms with Crippen molar-refractivity contribution >= 4 is 47.0 Å². The molecule has 1 heterocycles. The van der Waals surface area contributed by atoms with Crippen LogP contribution in [0.2, 0.25) is 0 Å². The van der Waals surface area contributed by atoms with Crippen molar-refractivity contribution in [2.45, 2.75) is 27.3 Å². The van der Waals surface area contributed by atoms with Gasteiger partial charge in [-0.15, -0.1) is 35.3 Å². The fourth-order valence-corrected chi connectivity index (χ4v) is 2.87. The van der Waals surface area contributed by atoms with E-state index in [2.05, 4.69) is 28.7 Å². The van der Waals surface area contributed by atoms with Gasteiger partial charge < -0.3 is 20.5 Å².